The Labute approximate surface area is 282 Å². The van der Waals surface area contributed by atoms with Crippen LogP contribution in [0.4, 0.5) is 10.5 Å². The van der Waals surface area contributed by atoms with Crippen molar-refractivity contribution in [1.82, 2.24) is 10.2 Å². The maximum absolute atomic E-state index is 14.7. The molecule has 0 aromatic heterocycles. The Morgan fingerprint density at radius 1 is 0.792 bits per heavy atom. The first kappa shape index (κ1) is 35.8. The summed E-state index contributed by atoms with van der Waals surface area (Å²) in [5.74, 6) is -0.787. The number of alkyl carbamates (subject to hydrolysis) is 1. The van der Waals surface area contributed by atoms with Gasteiger partial charge in [-0.15, -0.1) is 0 Å². The van der Waals surface area contributed by atoms with E-state index in [2.05, 4.69) is 17.6 Å². The molecule has 2 atom stereocenters. The second kappa shape index (κ2) is 16.7. The molecule has 4 rings (SSSR count). The molecule has 0 aliphatic rings. The lowest BCUT2D eigenvalue weighted by Gasteiger charge is -2.34. The van der Waals surface area contributed by atoms with Gasteiger partial charge in [-0.1, -0.05) is 87.2 Å². The largest absolute Gasteiger partial charge is 0.508 e. The zero-order valence-corrected chi connectivity index (χ0v) is 28.2. The molecule has 0 saturated carbocycles. The van der Waals surface area contributed by atoms with Crippen molar-refractivity contribution in [3.63, 3.8) is 0 Å². The highest BCUT2D eigenvalue weighted by Crippen LogP contribution is 2.28. The molecule has 9 heteroatoms. The number of benzene rings is 4. The third-order valence-corrected chi connectivity index (χ3v) is 7.94. The number of ether oxygens (including phenoxy) is 1. The van der Waals surface area contributed by atoms with E-state index in [1.54, 1.807) is 45.0 Å². The molecule has 4 N–H and O–H groups in total. The number of carbonyl (C=O) groups is 3. The van der Waals surface area contributed by atoms with Crippen molar-refractivity contribution in [3.05, 3.63) is 102 Å². The van der Waals surface area contributed by atoms with Gasteiger partial charge in [-0.3, -0.25) is 9.59 Å². The summed E-state index contributed by atoms with van der Waals surface area (Å²) in [4.78, 5) is 43.7. The minimum atomic E-state index is -1.09. The Kier molecular flexibility index (Phi) is 12.4. The molecule has 0 aliphatic heterocycles. The first-order valence-electron chi connectivity index (χ1n) is 16.6. The van der Waals surface area contributed by atoms with Crippen molar-refractivity contribution in [2.45, 2.75) is 83.9 Å². The van der Waals surface area contributed by atoms with E-state index in [-0.39, 0.29) is 24.5 Å². The highest BCUT2D eigenvalue weighted by atomic mass is 16.6. The molecule has 2 unspecified atom stereocenters. The van der Waals surface area contributed by atoms with Gasteiger partial charge in [-0.25, -0.2) is 4.79 Å². The summed E-state index contributed by atoms with van der Waals surface area (Å²) in [6, 6.07) is 23.9. The van der Waals surface area contributed by atoms with E-state index in [1.807, 2.05) is 42.5 Å². The Bertz CT molecular complexity index is 1660. The normalized spacial score (nSPS) is 12.6. The number of nitrogens with one attached hydrogen (secondary N) is 2. The number of amides is 3. The lowest BCUT2D eigenvalue weighted by molar-refractivity contribution is -0.140. The van der Waals surface area contributed by atoms with Crippen LogP contribution in [0.25, 0.3) is 10.8 Å². The molecule has 4 aromatic rings. The van der Waals surface area contributed by atoms with Crippen LogP contribution < -0.4 is 10.6 Å². The number of nitrogens with zero attached hydrogens (tertiary/aromatic N) is 1. The summed E-state index contributed by atoms with van der Waals surface area (Å²) in [5.41, 5.74) is 0.981. The van der Waals surface area contributed by atoms with Crippen LogP contribution >= 0.6 is 0 Å². The predicted molar refractivity (Wildman–Crippen MR) is 189 cm³/mol. The van der Waals surface area contributed by atoms with Gasteiger partial charge >= 0.3 is 6.09 Å². The number of phenols is 2. The monoisotopic (exact) mass is 653 g/mol. The van der Waals surface area contributed by atoms with Crippen LogP contribution in [-0.2, 0) is 20.7 Å². The Morgan fingerprint density at radius 2 is 1.42 bits per heavy atom. The number of phenolic OH excluding ortho intramolecular Hbond substituents is 2. The summed E-state index contributed by atoms with van der Waals surface area (Å²) < 4.78 is 5.53. The fraction of sp³-hybridized carbons (Fsp3) is 0.359. The van der Waals surface area contributed by atoms with Crippen molar-refractivity contribution < 1.29 is 29.3 Å². The minimum Gasteiger partial charge on any atom is -0.508 e. The van der Waals surface area contributed by atoms with E-state index in [0.29, 0.717) is 23.2 Å². The quantitative estimate of drug-likeness (QED) is 0.103. The third-order valence-electron chi connectivity index (χ3n) is 7.94. The number of hydrogen-bond donors (Lipinski definition) is 4. The molecular weight excluding hydrogens is 606 g/mol. The minimum absolute atomic E-state index is 0.0293. The first-order valence-corrected chi connectivity index (χ1v) is 16.6. The highest BCUT2D eigenvalue weighted by molar-refractivity contribution is 6.00. The maximum atomic E-state index is 14.7. The summed E-state index contributed by atoms with van der Waals surface area (Å²) in [6.45, 7) is 7.60. The van der Waals surface area contributed by atoms with Crippen LogP contribution in [0.15, 0.2) is 91.0 Å². The number of aromatic hydroxyl groups is 2. The second-order valence-corrected chi connectivity index (χ2v) is 13.1. The van der Waals surface area contributed by atoms with Crippen LogP contribution in [0.2, 0.25) is 0 Å². The molecule has 0 spiro atoms. The van der Waals surface area contributed by atoms with Crippen molar-refractivity contribution in [2.24, 2.45) is 0 Å². The van der Waals surface area contributed by atoms with Crippen LogP contribution in [0.3, 0.4) is 0 Å². The number of rotatable bonds is 14. The number of unbranched alkanes of at least 4 members (excludes halogenated alkanes) is 4. The van der Waals surface area contributed by atoms with E-state index in [1.165, 1.54) is 29.2 Å². The fourth-order valence-corrected chi connectivity index (χ4v) is 5.58. The van der Waals surface area contributed by atoms with Crippen LogP contribution in [0.1, 0.15) is 77.0 Å². The standard InChI is InChI=1S/C39H47N3O6/c1-5-6-7-8-11-24-42(37(46)34(41-38(47)48-39(2,3)4)25-27-14-20-32(43)21-15-27)35(29-17-22-33(44)23-18-29)36(45)40-31-19-16-28-12-9-10-13-30(28)26-31/h9-10,12-23,26,34-35,43-44H,5-8,11,24-25H2,1-4H3,(H,40,45)(H,41,47). The average Bonchev–Trinajstić information content (AvgIpc) is 3.04. The van der Waals surface area contributed by atoms with E-state index in [4.69, 9.17) is 4.74 Å². The van der Waals surface area contributed by atoms with Crippen molar-refractivity contribution in [1.29, 1.82) is 0 Å². The fourth-order valence-electron chi connectivity index (χ4n) is 5.58. The summed E-state index contributed by atoms with van der Waals surface area (Å²) in [6.07, 6.45) is 3.93. The zero-order valence-electron chi connectivity index (χ0n) is 28.2. The van der Waals surface area contributed by atoms with Gasteiger partial charge in [-0.2, -0.15) is 0 Å². The Hall–Kier alpha value is -5.05. The van der Waals surface area contributed by atoms with E-state index >= 15 is 0 Å². The second-order valence-electron chi connectivity index (χ2n) is 13.1. The average molecular weight is 654 g/mol. The molecule has 0 radical (unpaired) electrons. The Morgan fingerprint density at radius 3 is 2.06 bits per heavy atom. The summed E-state index contributed by atoms with van der Waals surface area (Å²) in [7, 11) is 0. The Balaban J connectivity index is 1.74. The van der Waals surface area contributed by atoms with Gasteiger partial charge in [0.2, 0.25) is 5.91 Å². The molecule has 0 saturated heterocycles. The van der Waals surface area contributed by atoms with Gasteiger partial charge in [0.25, 0.3) is 5.91 Å². The third kappa shape index (κ3) is 10.5. The van der Waals surface area contributed by atoms with E-state index < -0.39 is 35.6 Å². The van der Waals surface area contributed by atoms with Gasteiger partial charge in [0.15, 0.2) is 0 Å². The molecule has 254 valence electrons. The molecule has 0 aliphatic carbocycles. The molecule has 48 heavy (non-hydrogen) atoms. The molecule has 3 amide bonds. The number of anilines is 1. The lowest BCUT2D eigenvalue weighted by atomic mass is 9.99. The van der Waals surface area contributed by atoms with E-state index in [9.17, 15) is 24.6 Å². The first-order chi connectivity index (χ1) is 22.9. The number of carbonyl (C=O) groups excluding carboxylic acids is 3. The topological polar surface area (TPSA) is 128 Å². The van der Waals surface area contributed by atoms with Gasteiger partial charge in [0.05, 0.1) is 0 Å². The SMILES string of the molecule is CCCCCCCN(C(=O)C(Cc1ccc(O)cc1)NC(=O)OC(C)(C)C)C(C(=O)Nc1ccc2ccccc2c1)c1ccc(O)cc1. The molecular formula is C39H47N3O6. The highest BCUT2D eigenvalue weighted by Gasteiger charge is 2.36. The van der Waals surface area contributed by atoms with Gasteiger partial charge in [-0.05, 0) is 85.5 Å². The summed E-state index contributed by atoms with van der Waals surface area (Å²) in [5, 5.41) is 27.7. The van der Waals surface area contributed by atoms with Gasteiger partial charge in [0.1, 0.15) is 29.2 Å². The lowest BCUT2D eigenvalue weighted by Crippen LogP contribution is -2.53. The predicted octanol–water partition coefficient (Wildman–Crippen LogP) is 7.87. The van der Waals surface area contributed by atoms with Gasteiger partial charge < -0.3 is 30.5 Å². The number of fused-ring (bicyclic) bond motifs is 1. The van der Waals surface area contributed by atoms with E-state index in [0.717, 1.165) is 36.5 Å². The number of hydrogen-bond acceptors (Lipinski definition) is 6. The smallest absolute Gasteiger partial charge is 0.408 e. The van der Waals surface area contributed by atoms with Crippen molar-refractivity contribution in [3.8, 4) is 11.5 Å². The van der Waals surface area contributed by atoms with Crippen molar-refractivity contribution >= 4 is 34.4 Å². The van der Waals surface area contributed by atoms with Crippen molar-refractivity contribution in [2.75, 3.05) is 11.9 Å². The maximum Gasteiger partial charge on any atom is 0.408 e. The molecule has 0 heterocycles. The van der Waals surface area contributed by atoms with Crippen LogP contribution in [-0.4, -0.2) is 51.2 Å². The molecule has 0 fully saturated rings. The van der Waals surface area contributed by atoms with Gasteiger partial charge in [0, 0.05) is 18.7 Å². The molecule has 0 bridgehead atoms. The molecule has 4 aromatic carbocycles. The summed E-state index contributed by atoms with van der Waals surface area (Å²) >= 11 is 0. The molecule has 9 nitrogen and oxygen atoms in total. The van der Waals surface area contributed by atoms with Crippen LogP contribution in [0.5, 0.6) is 11.5 Å². The van der Waals surface area contributed by atoms with Crippen LogP contribution in [0, 0.1) is 0 Å². The zero-order chi connectivity index (χ0) is 34.7.